The van der Waals surface area contributed by atoms with E-state index in [0.717, 1.165) is 0 Å². The molecule has 3 aromatic rings. The molecule has 3 rings (SSSR count). The van der Waals surface area contributed by atoms with Gasteiger partial charge in [-0.3, -0.25) is 4.79 Å². The highest BCUT2D eigenvalue weighted by atomic mass is 16.6. The molecule has 0 aromatic heterocycles. The topological polar surface area (TPSA) is 156 Å². The summed E-state index contributed by atoms with van der Waals surface area (Å²) in [5.74, 6) is -3.85. The van der Waals surface area contributed by atoms with E-state index in [9.17, 15) is 24.3 Å². The second kappa shape index (κ2) is 13.5. The minimum absolute atomic E-state index is 0.0422. The van der Waals surface area contributed by atoms with Gasteiger partial charge in [0, 0.05) is 6.07 Å². The number of amides is 1. The Hall–Kier alpha value is -5.26. The molecule has 0 radical (unpaired) electrons. The van der Waals surface area contributed by atoms with Crippen LogP contribution >= 0.6 is 0 Å². The molecule has 3 aromatic carbocycles. The molecule has 40 heavy (non-hydrogen) atoms. The quantitative estimate of drug-likeness (QED) is 0.318. The maximum atomic E-state index is 13.5. The molecular weight excluding hydrogens is 526 g/mol. The molecule has 0 heterocycles. The van der Waals surface area contributed by atoms with Crippen molar-refractivity contribution in [1.82, 2.24) is 0 Å². The fraction of sp³-hybridized carbons (Fsp3) is 0.214. The van der Waals surface area contributed by atoms with Crippen LogP contribution in [-0.4, -0.2) is 69.6 Å². The number of nitrogens with one attached hydrogen (secondary N) is 1. The molecule has 2 atom stereocenters. The molecule has 0 aliphatic carbocycles. The van der Waals surface area contributed by atoms with E-state index in [1.807, 2.05) is 0 Å². The summed E-state index contributed by atoms with van der Waals surface area (Å²) in [6.07, 6.45) is -4.38. The smallest absolute Gasteiger partial charge is 0.349 e. The number of hydrogen-bond acceptors (Lipinski definition) is 10. The van der Waals surface area contributed by atoms with Gasteiger partial charge in [0.05, 0.1) is 45.3 Å². The molecule has 210 valence electrons. The molecule has 1 amide bonds. The summed E-state index contributed by atoms with van der Waals surface area (Å²) in [5, 5.41) is 12.4. The average molecular weight is 554 g/mol. The van der Waals surface area contributed by atoms with Gasteiger partial charge in [-0.1, -0.05) is 12.1 Å². The van der Waals surface area contributed by atoms with E-state index in [0.29, 0.717) is 17.2 Å². The maximum absolute atomic E-state index is 13.5. The van der Waals surface area contributed by atoms with E-state index in [-0.39, 0.29) is 22.6 Å². The monoisotopic (exact) mass is 553 g/mol. The summed E-state index contributed by atoms with van der Waals surface area (Å²) in [4.78, 5) is 51.6. The molecule has 0 saturated carbocycles. The Labute approximate surface area is 229 Å². The van der Waals surface area contributed by atoms with Gasteiger partial charge in [0.1, 0.15) is 23.0 Å². The number of carboxylic acids is 1. The highest BCUT2D eigenvalue weighted by Gasteiger charge is 2.41. The minimum atomic E-state index is -2.25. The molecule has 0 aliphatic heterocycles. The summed E-state index contributed by atoms with van der Waals surface area (Å²) >= 11 is 0. The number of benzene rings is 3. The van der Waals surface area contributed by atoms with E-state index in [4.69, 9.17) is 28.4 Å². The second-order valence-electron chi connectivity index (χ2n) is 8.01. The molecular formula is C28H27NO11. The fourth-order valence-electron chi connectivity index (χ4n) is 3.48. The van der Waals surface area contributed by atoms with Gasteiger partial charge in [0.25, 0.3) is 5.91 Å². The lowest BCUT2D eigenvalue weighted by Gasteiger charge is -2.24. The van der Waals surface area contributed by atoms with Crippen molar-refractivity contribution >= 4 is 29.5 Å². The van der Waals surface area contributed by atoms with Crippen LogP contribution in [-0.2, 0) is 19.1 Å². The van der Waals surface area contributed by atoms with Gasteiger partial charge in [-0.25, -0.2) is 14.4 Å². The summed E-state index contributed by atoms with van der Waals surface area (Å²) in [6.45, 7) is 0. The van der Waals surface area contributed by atoms with E-state index in [1.54, 1.807) is 18.2 Å². The average Bonchev–Trinajstić information content (AvgIpc) is 2.98. The van der Waals surface area contributed by atoms with E-state index < -0.39 is 36.0 Å². The summed E-state index contributed by atoms with van der Waals surface area (Å²) < 4.78 is 31.1. The molecule has 2 N–H and O–H groups in total. The van der Waals surface area contributed by atoms with Crippen LogP contribution in [0.3, 0.4) is 0 Å². The summed E-state index contributed by atoms with van der Waals surface area (Å²) in [6, 6.07) is 16.0. The first kappa shape index (κ1) is 29.3. The van der Waals surface area contributed by atoms with Crippen LogP contribution in [0.4, 0.5) is 5.69 Å². The number of carboxylic acid groups (broad SMARTS) is 1. The number of anilines is 1. The lowest BCUT2D eigenvalue weighted by atomic mass is 10.1. The van der Waals surface area contributed by atoms with Crippen molar-refractivity contribution in [1.29, 1.82) is 0 Å². The molecule has 12 nitrogen and oxygen atoms in total. The number of hydrogen-bond donors (Lipinski definition) is 2. The van der Waals surface area contributed by atoms with Gasteiger partial charge in [-0.05, 0) is 48.5 Å². The standard InChI is InChI=1S/C28H27NO11/c1-35-18-9-5-7-16(13-18)27(33)39-23(25(30)29-21-15-20(37-3)11-12-22(21)38-4)24(26(31)32)40-28(34)17-8-6-10-19(14-17)36-2/h5-15,23-24H,1-4H3,(H,29,30)(H,31,32)/t23-,24-/m0/s1. The van der Waals surface area contributed by atoms with Crippen LogP contribution in [0.15, 0.2) is 66.7 Å². The fourth-order valence-corrected chi connectivity index (χ4v) is 3.48. The Bertz CT molecular complexity index is 1390. The Balaban J connectivity index is 1.99. The molecule has 0 aliphatic rings. The third-order valence-electron chi connectivity index (χ3n) is 5.52. The van der Waals surface area contributed by atoms with Crippen molar-refractivity contribution in [3.8, 4) is 23.0 Å². The first-order valence-corrected chi connectivity index (χ1v) is 11.7. The first-order valence-electron chi connectivity index (χ1n) is 11.7. The van der Waals surface area contributed by atoms with E-state index in [1.165, 1.54) is 77.0 Å². The molecule has 0 unspecified atom stereocenters. The van der Waals surface area contributed by atoms with Crippen molar-refractivity contribution in [2.45, 2.75) is 12.2 Å². The number of methoxy groups -OCH3 is 4. The third-order valence-corrected chi connectivity index (χ3v) is 5.52. The van der Waals surface area contributed by atoms with Crippen LogP contribution < -0.4 is 24.3 Å². The molecule has 12 heteroatoms. The Kier molecular flexibility index (Phi) is 9.90. The normalized spacial score (nSPS) is 11.8. The Morgan fingerprint density at radius 3 is 1.62 bits per heavy atom. The van der Waals surface area contributed by atoms with Crippen molar-refractivity contribution in [3.05, 3.63) is 77.9 Å². The van der Waals surface area contributed by atoms with Crippen LogP contribution in [0.25, 0.3) is 0 Å². The molecule has 0 fully saturated rings. The SMILES string of the molecule is COc1cccc(C(=O)O[C@H](C(=O)O)[C@H](OC(=O)c2cccc(OC)c2)C(=O)Nc2cc(OC)ccc2OC)c1. The van der Waals surface area contributed by atoms with E-state index >= 15 is 0 Å². The van der Waals surface area contributed by atoms with Crippen LogP contribution in [0, 0.1) is 0 Å². The van der Waals surface area contributed by atoms with Crippen molar-refractivity contribution in [3.63, 3.8) is 0 Å². The number of ether oxygens (including phenoxy) is 6. The summed E-state index contributed by atoms with van der Waals surface area (Å²) in [7, 11) is 5.54. The van der Waals surface area contributed by atoms with Gasteiger partial charge in [-0.2, -0.15) is 0 Å². The molecule has 0 spiro atoms. The lowest BCUT2D eigenvalue weighted by Crippen LogP contribution is -2.48. The zero-order valence-corrected chi connectivity index (χ0v) is 22.0. The van der Waals surface area contributed by atoms with Crippen LogP contribution in [0.5, 0.6) is 23.0 Å². The number of carbonyl (C=O) groups is 4. The van der Waals surface area contributed by atoms with Crippen LogP contribution in [0.1, 0.15) is 20.7 Å². The van der Waals surface area contributed by atoms with Crippen molar-refractivity contribution in [2.24, 2.45) is 0 Å². The predicted molar refractivity (Wildman–Crippen MR) is 140 cm³/mol. The highest BCUT2D eigenvalue weighted by molar-refractivity contribution is 6.02. The number of aliphatic carboxylic acids is 1. The lowest BCUT2D eigenvalue weighted by molar-refractivity contribution is -0.157. The molecule has 0 bridgehead atoms. The van der Waals surface area contributed by atoms with Gasteiger partial charge >= 0.3 is 17.9 Å². The van der Waals surface area contributed by atoms with Crippen molar-refractivity contribution < 1.29 is 52.7 Å². The van der Waals surface area contributed by atoms with E-state index in [2.05, 4.69) is 5.32 Å². The van der Waals surface area contributed by atoms with Crippen LogP contribution in [0.2, 0.25) is 0 Å². The number of esters is 2. The largest absolute Gasteiger partial charge is 0.497 e. The third kappa shape index (κ3) is 7.19. The first-order chi connectivity index (χ1) is 19.2. The number of rotatable bonds is 12. The summed E-state index contributed by atoms with van der Waals surface area (Å²) in [5.41, 5.74) is -0.0183. The molecule has 0 saturated heterocycles. The maximum Gasteiger partial charge on any atom is 0.349 e. The van der Waals surface area contributed by atoms with Gasteiger partial charge in [0.2, 0.25) is 12.2 Å². The predicted octanol–water partition coefficient (Wildman–Crippen LogP) is 3.20. The van der Waals surface area contributed by atoms with Gasteiger partial charge < -0.3 is 38.8 Å². The zero-order chi connectivity index (χ0) is 29.2. The highest BCUT2D eigenvalue weighted by Crippen LogP contribution is 2.29. The Morgan fingerprint density at radius 2 is 1.15 bits per heavy atom. The minimum Gasteiger partial charge on any atom is -0.497 e. The second-order valence-corrected chi connectivity index (χ2v) is 8.01. The van der Waals surface area contributed by atoms with Crippen molar-refractivity contribution in [2.75, 3.05) is 33.8 Å². The van der Waals surface area contributed by atoms with Gasteiger partial charge in [0.15, 0.2) is 0 Å². The Morgan fingerprint density at radius 1 is 0.650 bits per heavy atom. The van der Waals surface area contributed by atoms with Gasteiger partial charge in [-0.15, -0.1) is 0 Å². The number of carbonyl (C=O) groups excluding carboxylic acids is 3. The zero-order valence-electron chi connectivity index (χ0n) is 22.0.